The summed E-state index contributed by atoms with van der Waals surface area (Å²) in [5.41, 5.74) is 0. The molecule has 0 aromatic rings. The van der Waals surface area contributed by atoms with Crippen molar-refractivity contribution in [2.75, 3.05) is 0 Å². The summed E-state index contributed by atoms with van der Waals surface area (Å²) >= 11 is 0. The van der Waals surface area contributed by atoms with Crippen molar-refractivity contribution in [2.24, 2.45) is 0 Å². The minimum absolute atomic E-state index is 0.0364. The van der Waals surface area contributed by atoms with Gasteiger partial charge in [0.05, 0.1) is 0 Å². The highest BCUT2D eigenvalue weighted by atomic mass is 16.1. The summed E-state index contributed by atoms with van der Waals surface area (Å²) in [6.07, 6.45) is 4.47. The molecule has 0 saturated heterocycles. The highest BCUT2D eigenvalue weighted by Crippen LogP contribution is 1.96. The molecule has 0 fully saturated rings. The number of carbonyl (C=O) groups excluding carboxylic acids is 2. The quantitative estimate of drug-likeness (QED) is 0.567. The highest BCUT2D eigenvalue weighted by molar-refractivity contribution is 5.92. The summed E-state index contributed by atoms with van der Waals surface area (Å²) in [6.45, 7) is 3.60. The predicted molar refractivity (Wildman–Crippen MR) is 44.4 cm³/mol. The lowest BCUT2D eigenvalue weighted by molar-refractivity contribution is -0.122. The van der Waals surface area contributed by atoms with Gasteiger partial charge in [-0.2, -0.15) is 0 Å². The smallest absolute Gasteiger partial charge is 0.155 e. The Labute approximate surface area is 67.3 Å². The van der Waals surface area contributed by atoms with Gasteiger partial charge in [0.25, 0.3) is 0 Å². The Morgan fingerprint density at radius 3 is 2.36 bits per heavy atom. The highest BCUT2D eigenvalue weighted by Gasteiger charge is 2.01. The maximum atomic E-state index is 10.8. The third-order valence-corrected chi connectivity index (χ3v) is 1.40. The Morgan fingerprint density at radius 1 is 1.27 bits per heavy atom. The van der Waals surface area contributed by atoms with Crippen LogP contribution in [0.25, 0.3) is 0 Å². The lowest BCUT2D eigenvalue weighted by Crippen LogP contribution is -2.00. The molecule has 0 aliphatic rings. The van der Waals surface area contributed by atoms with Gasteiger partial charge in [0.2, 0.25) is 0 Å². The molecule has 0 radical (unpaired) electrons. The van der Waals surface area contributed by atoms with Crippen LogP contribution in [0, 0.1) is 0 Å². The van der Waals surface area contributed by atoms with Gasteiger partial charge >= 0.3 is 0 Å². The monoisotopic (exact) mass is 154 g/mol. The Hall–Kier alpha value is -0.920. The van der Waals surface area contributed by atoms with Crippen LogP contribution in [-0.4, -0.2) is 11.6 Å². The normalized spacial score (nSPS) is 10.4. The SMILES string of the molecule is C/C=C/C(=O)CCC(=O)CC. The summed E-state index contributed by atoms with van der Waals surface area (Å²) in [6, 6.07) is 0. The second-order valence-electron chi connectivity index (χ2n) is 2.36. The van der Waals surface area contributed by atoms with Gasteiger partial charge in [-0.1, -0.05) is 13.0 Å². The summed E-state index contributed by atoms with van der Waals surface area (Å²) < 4.78 is 0. The van der Waals surface area contributed by atoms with Crippen LogP contribution >= 0.6 is 0 Å². The van der Waals surface area contributed by atoms with Crippen molar-refractivity contribution in [1.29, 1.82) is 0 Å². The molecule has 0 rings (SSSR count). The van der Waals surface area contributed by atoms with Gasteiger partial charge < -0.3 is 0 Å². The second-order valence-corrected chi connectivity index (χ2v) is 2.36. The molecule has 0 saturated carbocycles. The van der Waals surface area contributed by atoms with E-state index in [4.69, 9.17) is 0 Å². The molecule has 0 atom stereocenters. The molecule has 0 aliphatic heterocycles. The van der Waals surface area contributed by atoms with Crippen LogP contribution in [0.2, 0.25) is 0 Å². The molecule has 2 nitrogen and oxygen atoms in total. The lowest BCUT2D eigenvalue weighted by Gasteiger charge is -1.92. The number of hydrogen-bond donors (Lipinski definition) is 0. The van der Waals surface area contributed by atoms with Gasteiger partial charge in [-0.05, 0) is 13.0 Å². The second kappa shape index (κ2) is 5.83. The van der Waals surface area contributed by atoms with E-state index in [9.17, 15) is 9.59 Å². The van der Waals surface area contributed by atoms with Crippen molar-refractivity contribution in [1.82, 2.24) is 0 Å². The molecule has 0 aliphatic carbocycles. The molecule has 0 spiro atoms. The average molecular weight is 154 g/mol. The molecule has 0 aromatic carbocycles. The zero-order valence-electron chi connectivity index (χ0n) is 7.09. The van der Waals surface area contributed by atoms with Crippen molar-refractivity contribution in [3.05, 3.63) is 12.2 Å². The first-order valence-electron chi connectivity index (χ1n) is 3.88. The minimum atomic E-state index is 0.0364. The van der Waals surface area contributed by atoms with Gasteiger partial charge in [-0.3, -0.25) is 9.59 Å². The van der Waals surface area contributed by atoms with Crippen LogP contribution in [-0.2, 0) is 9.59 Å². The number of ketones is 2. The van der Waals surface area contributed by atoms with Crippen molar-refractivity contribution in [3.63, 3.8) is 0 Å². The van der Waals surface area contributed by atoms with Crippen LogP contribution in [0.5, 0.6) is 0 Å². The maximum absolute atomic E-state index is 10.8. The van der Waals surface area contributed by atoms with E-state index < -0.39 is 0 Å². The third kappa shape index (κ3) is 5.52. The van der Waals surface area contributed by atoms with Crippen molar-refractivity contribution < 1.29 is 9.59 Å². The number of hydrogen-bond acceptors (Lipinski definition) is 2. The average Bonchev–Trinajstić information content (AvgIpc) is 2.01. The van der Waals surface area contributed by atoms with Crippen molar-refractivity contribution in [2.45, 2.75) is 33.1 Å². The number of rotatable bonds is 5. The molecule has 0 aromatic heterocycles. The van der Waals surface area contributed by atoms with Crippen LogP contribution < -0.4 is 0 Å². The van der Waals surface area contributed by atoms with Crippen LogP contribution in [0.1, 0.15) is 33.1 Å². The molecule has 62 valence electrons. The molecule has 2 heteroatoms. The number of allylic oxidation sites excluding steroid dienone is 2. The van der Waals surface area contributed by atoms with E-state index in [1.54, 1.807) is 13.0 Å². The van der Waals surface area contributed by atoms with Gasteiger partial charge in [0.15, 0.2) is 5.78 Å². The van der Waals surface area contributed by atoms with Gasteiger partial charge in [0, 0.05) is 19.3 Å². The Kier molecular flexibility index (Phi) is 5.35. The van der Waals surface area contributed by atoms with Crippen LogP contribution in [0.15, 0.2) is 12.2 Å². The minimum Gasteiger partial charge on any atom is -0.300 e. The van der Waals surface area contributed by atoms with E-state index in [-0.39, 0.29) is 11.6 Å². The van der Waals surface area contributed by atoms with Crippen molar-refractivity contribution >= 4 is 11.6 Å². The topological polar surface area (TPSA) is 34.1 Å². The van der Waals surface area contributed by atoms with E-state index in [1.807, 2.05) is 6.92 Å². The Balaban J connectivity index is 3.54. The first-order chi connectivity index (χ1) is 5.20. The molecule has 0 amide bonds. The first kappa shape index (κ1) is 10.1. The molecular weight excluding hydrogens is 140 g/mol. The fourth-order valence-corrected chi connectivity index (χ4v) is 0.709. The van der Waals surface area contributed by atoms with Gasteiger partial charge in [-0.15, -0.1) is 0 Å². The predicted octanol–water partition coefficient (Wildman–Crippen LogP) is 1.89. The van der Waals surface area contributed by atoms with Gasteiger partial charge in [-0.25, -0.2) is 0 Å². The van der Waals surface area contributed by atoms with Crippen LogP contribution in [0.4, 0.5) is 0 Å². The van der Waals surface area contributed by atoms with E-state index in [2.05, 4.69) is 0 Å². The van der Waals surface area contributed by atoms with E-state index in [1.165, 1.54) is 6.08 Å². The number of carbonyl (C=O) groups is 2. The summed E-state index contributed by atoms with van der Waals surface area (Å²) in [5, 5.41) is 0. The zero-order chi connectivity index (χ0) is 8.69. The first-order valence-corrected chi connectivity index (χ1v) is 3.88. The standard InChI is InChI=1S/C9H14O2/c1-3-5-9(11)7-6-8(10)4-2/h3,5H,4,6-7H2,1-2H3/b5-3+. The third-order valence-electron chi connectivity index (χ3n) is 1.40. The Bertz CT molecular complexity index is 168. The molecule has 11 heavy (non-hydrogen) atoms. The van der Waals surface area contributed by atoms with E-state index in [0.717, 1.165) is 0 Å². The molecule has 0 unspecified atom stereocenters. The molecule has 0 bridgehead atoms. The number of Topliss-reactive ketones (excluding diaryl/α,β-unsaturated/α-hetero) is 1. The molecular formula is C9H14O2. The zero-order valence-corrected chi connectivity index (χ0v) is 7.09. The fraction of sp³-hybridized carbons (Fsp3) is 0.556. The lowest BCUT2D eigenvalue weighted by atomic mass is 10.1. The summed E-state index contributed by atoms with van der Waals surface area (Å²) in [5.74, 6) is 0.192. The largest absolute Gasteiger partial charge is 0.300 e. The molecule has 0 heterocycles. The fourth-order valence-electron chi connectivity index (χ4n) is 0.709. The van der Waals surface area contributed by atoms with Crippen molar-refractivity contribution in [3.8, 4) is 0 Å². The summed E-state index contributed by atoms with van der Waals surface area (Å²) in [7, 11) is 0. The van der Waals surface area contributed by atoms with Crippen LogP contribution in [0.3, 0.4) is 0 Å². The Morgan fingerprint density at radius 2 is 1.91 bits per heavy atom. The summed E-state index contributed by atoms with van der Waals surface area (Å²) in [4.78, 5) is 21.6. The van der Waals surface area contributed by atoms with Gasteiger partial charge in [0.1, 0.15) is 5.78 Å². The van der Waals surface area contributed by atoms with E-state index >= 15 is 0 Å². The molecule has 0 N–H and O–H groups in total. The maximum Gasteiger partial charge on any atom is 0.155 e. The van der Waals surface area contributed by atoms with E-state index in [0.29, 0.717) is 19.3 Å².